The second-order valence-corrected chi connectivity index (χ2v) is 4.31. The van der Waals surface area contributed by atoms with Gasteiger partial charge in [-0.15, -0.1) is 0 Å². The zero-order valence-corrected chi connectivity index (χ0v) is 10.9. The van der Waals surface area contributed by atoms with E-state index in [1.165, 1.54) is 0 Å². The number of hydrogen-bond donors (Lipinski definition) is 0. The molecule has 5 heteroatoms. The molecule has 0 saturated heterocycles. The standard InChI is InChI=1S/C10H23O4P/c1-4-6-13-15(3)14-10-9-12-8-7-11-5-2/h4-10H2,1-3H3. The van der Waals surface area contributed by atoms with E-state index in [1.54, 1.807) is 0 Å². The van der Waals surface area contributed by atoms with Crippen molar-refractivity contribution >= 4 is 8.38 Å². The highest BCUT2D eigenvalue weighted by atomic mass is 31.2. The molecule has 0 aromatic heterocycles. The van der Waals surface area contributed by atoms with E-state index < -0.39 is 8.38 Å². The normalized spacial score (nSPS) is 13.0. The van der Waals surface area contributed by atoms with Gasteiger partial charge in [0.05, 0.1) is 33.0 Å². The van der Waals surface area contributed by atoms with Gasteiger partial charge in [0.2, 0.25) is 0 Å². The monoisotopic (exact) mass is 238 g/mol. The van der Waals surface area contributed by atoms with Crippen molar-refractivity contribution in [2.75, 3.05) is 46.3 Å². The van der Waals surface area contributed by atoms with Gasteiger partial charge < -0.3 is 18.5 Å². The second kappa shape index (κ2) is 12.3. The third-order valence-corrected chi connectivity index (χ3v) is 2.65. The minimum Gasteiger partial charge on any atom is -0.379 e. The largest absolute Gasteiger partial charge is 0.379 e. The van der Waals surface area contributed by atoms with E-state index in [9.17, 15) is 0 Å². The lowest BCUT2D eigenvalue weighted by Gasteiger charge is -2.12. The Hall–Kier alpha value is 0.270. The highest BCUT2D eigenvalue weighted by Crippen LogP contribution is 2.32. The topological polar surface area (TPSA) is 36.9 Å². The highest BCUT2D eigenvalue weighted by Gasteiger charge is 2.01. The van der Waals surface area contributed by atoms with E-state index in [1.807, 2.05) is 13.6 Å². The molecule has 0 fully saturated rings. The number of hydrogen-bond acceptors (Lipinski definition) is 4. The molecular weight excluding hydrogens is 215 g/mol. The first kappa shape index (κ1) is 15.3. The molecule has 0 aliphatic heterocycles. The van der Waals surface area contributed by atoms with E-state index in [-0.39, 0.29) is 0 Å². The summed E-state index contributed by atoms with van der Waals surface area (Å²) in [6, 6.07) is 0. The lowest BCUT2D eigenvalue weighted by Crippen LogP contribution is -2.08. The van der Waals surface area contributed by atoms with E-state index in [0.29, 0.717) is 26.4 Å². The highest BCUT2D eigenvalue weighted by molar-refractivity contribution is 7.46. The van der Waals surface area contributed by atoms with Crippen LogP contribution < -0.4 is 0 Å². The molecule has 0 rings (SSSR count). The Bertz CT molecular complexity index is 124. The lowest BCUT2D eigenvalue weighted by molar-refractivity contribution is 0.0401. The Kier molecular flexibility index (Phi) is 12.6. The molecule has 0 N–H and O–H groups in total. The van der Waals surface area contributed by atoms with E-state index in [4.69, 9.17) is 18.5 Å². The van der Waals surface area contributed by atoms with Crippen LogP contribution in [-0.4, -0.2) is 46.3 Å². The Morgan fingerprint density at radius 3 is 2.07 bits per heavy atom. The number of rotatable bonds is 11. The first-order valence-corrected chi connectivity index (χ1v) is 7.08. The molecule has 1 unspecified atom stereocenters. The van der Waals surface area contributed by atoms with Crippen molar-refractivity contribution in [3.63, 3.8) is 0 Å². The van der Waals surface area contributed by atoms with Gasteiger partial charge in [-0.05, 0) is 13.3 Å². The van der Waals surface area contributed by atoms with Crippen LogP contribution in [0.4, 0.5) is 0 Å². The fourth-order valence-electron chi connectivity index (χ4n) is 0.846. The predicted octanol–water partition coefficient (Wildman–Crippen LogP) is 2.42. The van der Waals surface area contributed by atoms with Crippen LogP contribution in [0.15, 0.2) is 0 Å². The summed E-state index contributed by atoms with van der Waals surface area (Å²) < 4.78 is 21.2. The van der Waals surface area contributed by atoms with Crippen LogP contribution in [-0.2, 0) is 18.5 Å². The van der Waals surface area contributed by atoms with Gasteiger partial charge in [0, 0.05) is 13.3 Å². The van der Waals surface area contributed by atoms with Gasteiger partial charge in [-0.1, -0.05) is 6.92 Å². The average molecular weight is 238 g/mol. The molecule has 92 valence electrons. The summed E-state index contributed by atoms with van der Waals surface area (Å²) in [4.78, 5) is 0. The van der Waals surface area contributed by atoms with Crippen molar-refractivity contribution in [2.24, 2.45) is 0 Å². The van der Waals surface area contributed by atoms with Crippen molar-refractivity contribution in [2.45, 2.75) is 20.3 Å². The zero-order valence-electron chi connectivity index (χ0n) is 10.0. The molecule has 0 radical (unpaired) electrons. The van der Waals surface area contributed by atoms with Gasteiger partial charge in [0.1, 0.15) is 0 Å². The summed E-state index contributed by atoms with van der Waals surface area (Å²) >= 11 is 0. The van der Waals surface area contributed by atoms with Crippen LogP contribution in [0.3, 0.4) is 0 Å². The summed E-state index contributed by atoms with van der Waals surface area (Å²) in [6.45, 7) is 10.0. The van der Waals surface area contributed by atoms with Crippen LogP contribution in [0.2, 0.25) is 0 Å². The Balaban J connectivity index is 3.02. The molecule has 0 amide bonds. The minimum atomic E-state index is -0.725. The van der Waals surface area contributed by atoms with Crippen molar-refractivity contribution in [1.82, 2.24) is 0 Å². The molecular formula is C10H23O4P. The summed E-state index contributed by atoms with van der Waals surface area (Å²) in [5.41, 5.74) is 0. The quantitative estimate of drug-likeness (QED) is 0.409. The van der Waals surface area contributed by atoms with Gasteiger partial charge in [-0.25, -0.2) is 0 Å². The Labute approximate surface area is 94.2 Å². The molecule has 0 saturated carbocycles. The average Bonchev–Trinajstić information content (AvgIpc) is 2.25. The molecule has 0 spiro atoms. The third-order valence-electron chi connectivity index (χ3n) is 1.55. The van der Waals surface area contributed by atoms with E-state index in [0.717, 1.165) is 19.6 Å². The van der Waals surface area contributed by atoms with Gasteiger partial charge >= 0.3 is 0 Å². The maximum Gasteiger partial charge on any atom is 0.167 e. The van der Waals surface area contributed by atoms with Crippen molar-refractivity contribution in [3.05, 3.63) is 0 Å². The van der Waals surface area contributed by atoms with Gasteiger partial charge in [0.25, 0.3) is 0 Å². The molecule has 0 aromatic carbocycles. The number of ether oxygens (including phenoxy) is 2. The summed E-state index contributed by atoms with van der Waals surface area (Å²) in [5.74, 6) is 0. The molecule has 4 nitrogen and oxygen atoms in total. The summed E-state index contributed by atoms with van der Waals surface area (Å²) in [6.07, 6.45) is 1.03. The van der Waals surface area contributed by atoms with Gasteiger partial charge in [-0.2, -0.15) is 0 Å². The third kappa shape index (κ3) is 12.2. The van der Waals surface area contributed by atoms with Crippen LogP contribution >= 0.6 is 8.38 Å². The van der Waals surface area contributed by atoms with Gasteiger partial charge in [-0.3, -0.25) is 0 Å². The smallest absolute Gasteiger partial charge is 0.167 e. The van der Waals surface area contributed by atoms with Crippen molar-refractivity contribution in [3.8, 4) is 0 Å². The Morgan fingerprint density at radius 2 is 1.40 bits per heavy atom. The maximum absolute atomic E-state index is 5.43. The molecule has 0 aromatic rings. The van der Waals surface area contributed by atoms with Crippen LogP contribution in [0.5, 0.6) is 0 Å². The molecule has 0 aliphatic carbocycles. The zero-order chi connectivity index (χ0) is 11.4. The molecule has 15 heavy (non-hydrogen) atoms. The predicted molar refractivity (Wildman–Crippen MR) is 62.4 cm³/mol. The molecule has 0 heterocycles. The molecule has 0 aliphatic rings. The maximum atomic E-state index is 5.43. The van der Waals surface area contributed by atoms with Gasteiger partial charge in [0.15, 0.2) is 8.38 Å². The van der Waals surface area contributed by atoms with E-state index in [2.05, 4.69) is 6.92 Å². The first-order valence-electron chi connectivity index (χ1n) is 5.46. The van der Waals surface area contributed by atoms with Crippen LogP contribution in [0, 0.1) is 0 Å². The molecule has 0 bridgehead atoms. The Morgan fingerprint density at radius 1 is 0.800 bits per heavy atom. The molecule has 1 atom stereocenters. The first-order chi connectivity index (χ1) is 7.31. The fourth-order valence-corrected chi connectivity index (χ4v) is 1.69. The van der Waals surface area contributed by atoms with E-state index >= 15 is 0 Å². The second-order valence-electron chi connectivity index (χ2n) is 2.92. The summed E-state index contributed by atoms with van der Waals surface area (Å²) in [7, 11) is -0.725. The summed E-state index contributed by atoms with van der Waals surface area (Å²) in [5, 5.41) is 0. The minimum absolute atomic E-state index is 0.595. The van der Waals surface area contributed by atoms with Crippen LogP contribution in [0.25, 0.3) is 0 Å². The lowest BCUT2D eigenvalue weighted by atomic mass is 10.5. The van der Waals surface area contributed by atoms with Crippen molar-refractivity contribution < 1.29 is 18.5 Å². The van der Waals surface area contributed by atoms with Crippen LogP contribution in [0.1, 0.15) is 20.3 Å². The van der Waals surface area contributed by atoms with Crippen molar-refractivity contribution in [1.29, 1.82) is 0 Å². The fraction of sp³-hybridized carbons (Fsp3) is 1.00. The SMILES string of the molecule is CCCOP(C)OCCOCCOCC.